The number of nitrogens with zero attached hydrogens (tertiary/aromatic N) is 3. The average Bonchev–Trinajstić information content (AvgIpc) is 2.79. The summed E-state index contributed by atoms with van der Waals surface area (Å²) in [5.41, 5.74) is 0.824. The summed E-state index contributed by atoms with van der Waals surface area (Å²) in [7, 11) is 0. The first kappa shape index (κ1) is 10.8. The fourth-order valence-electron chi connectivity index (χ4n) is 1.23. The van der Waals surface area contributed by atoms with Gasteiger partial charge < -0.3 is 5.11 Å². The number of hydrogen-bond donors (Lipinski definition) is 1. The van der Waals surface area contributed by atoms with Crippen molar-refractivity contribution in [2.24, 2.45) is 0 Å². The molecular formula is C9H10BrN3OS. The van der Waals surface area contributed by atoms with Crippen LogP contribution in [-0.2, 0) is 13.0 Å². The van der Waals surface area contributed by atoms with Crippen LogP contribution in [0.15, 0.2) is 22.1 Å². The molecule has 0 bridgehead atoms. The fraction of sp³-hybridized carbons (Fsp3) is 0.333. The summed E-state index contributed by atoms with van der Waals surface area (Å²) in [6.45, 7) is 0.831. The first-order chi connectivity index (χ1) is 7.29. The van der Waals surface area contributed by atoms with Crippen molar-refractivity contribution in [1.29, 1.82) is 0 Å². The lowest BCUT2D eigenvalue weighted by Gasteiger charge is -1.97. The maximum atomic E-state index is 8.75. The third kappa shape index (κ3) is 2.64. The van der Waals surface area contributed by atoms with Gasteiger partial charge in [0.15, 0.2) is 0 Å². The van der Waals surface area contributed by atoms with Crippen molar-refractivity contribution >= 4 is 27.3 Å². The molecule has 4 nitrogen and oxygen atoms in total. The highest BCUT2D eigenvalue weighted by Gasteiger charge is 2.04. The van der Waals surface area contributed by atoms with Crippen LogP contribution in [0.5, 0.6) is 0 Å². The van der Waals surface area contributed by atoms with Crippen molar-refractivity contribution in [3.8, 4) is 0 Å². The van der Waals surface area contributed by atoms with Crippen molar-refractivity contribution in [1.82, 2.24) is 15.0 Å². The average molecular weight is 288 g/mol. The summed E-state index contributed by atoms with van der Waals surface area (Å²) in [6.07, 6.45) is 2.42. The minimum Gasteiger partial charge on any atom is -0.396 e. The number of aliphatic hydroxyl groups is 1. The molecule has 6 heteroatoms. The van der Waals surface area contributed by atoms with Gasteiger partial charge in [0.25, 0.3) is 0 Å². The number of aromatic nitrogens is 3. The highest BCUT2D eigenvalue weighted by atomic mass is 79.9. The molecule has 0 amide bonds. The van der Waals surface area contributed by atoms with Gasteiger partial charge in [0.1, 0.15) is 0 Å². The van der Waals surface area contributed by atoms with Crippen LogP contribution in [0.2, 0.25) is 0 Å². The van der Waals surface area contributed by atoms with Gasteiger partial charge in [-0.3, -0.25) is 0 Å². The predicted octanol–water partition coefficient (Wildman–Crippen LogP) is 1.69. The maximum absolute atomic E-state index is 8.75. The minimum atomic E-state index is 0.112. The molecule has 0 aliphatic rings. The molecule has 15 heavy (non-hydrogen) atoms. The van der Waals surface area contributed by atoms with Crippen LogP contribution in [0.25, 0.3) is 0 Å². The Morgan fingerprint density at radius 2 is 2.40 bits per heavy atom. The first-order valence-electron chi connectivity index (χ1n) is 4.51. The third-order valence-corrected chi connectivity index (χ3v) is 3.86. The molecule has 2 rings (SSSR count). The predicted molar refractivity (Wildman–Crippen MR) is 61.9 cm³/mol. The quantitative estimate of drug-likeness (QED) is 0.931. The number of halogens is 1. The number of thiophene rings is 1. The van der Waals surface area contributed by atoms with Gasteiger partial charge in [-0.25, -0.2) is 4.68 Å². The van der Waals surface area contributed by atoms with Crippen molar-refractivity contribution in [3.63, 3.8) is 0 Å². The molecule has 0 spiro atoms. The summed E-state index contributed by atoms with van der Waals surface area (Å²) in [5, 5.41) is 18.7. The van der Waals surface area contributed by atoms with Gasteiger partial charge in [-0.15, -0.1) is 16.4 Å². The van der Waals surface area contributed by atoms with Gasteiger partial charge in [-0.2, -0.15) is 0 Å². The molecule has 0 aliphatic heterocycles. The zero-order valence-electron chi connectivity index (χ0n) is 7.93. The standard InChI is InChI=1S/C9H10BrN3OS/c10-8-2-4-15-9(8)6-13-5-7(1-3-14)11-12-13/h2,4-5,14H,1,3,6H2. The molecule has 80 valence electrons. The van der Waals surface area contributed by atoms with Crippen LogP contribution in [-0.4, -0.2) is 26.7 Å². The van der Waals surface area contributed by atoms with E-state index in [1.54, 1.807) is 16.0 Å². The van der Waals surface area contributed by atoms with Gasteiger partial charge in [0.05, 0.1) is 12.2 Å². The molecular weight excluding hydrogens is 278 g/mol. The minimum absolute atomic E-state index is 0.112. The van der Waals surface area contributed by atoms with Gasteiger partial charge in [-0.05, 0) is 27.4 Å². The van der Waals surface area contributed by atoms with E-state index in [0.717, 1.165) is 16.7 Å². The number of rotatable bonds is 4. The van der Waals surface area contributed by atoms with E-state index in [-0.39, 0.29) is 6.61 Å². The third-order valence-electron chi connectivity index (χ3n) is 1.95. The van der Waals surface area contributed by atoms with Gasteiger partial charge in [0.2, 0.25) is 0 Å². The normalized spacial score (nSPS) is 10.8. The molecule has 0 aromatic carbocycles. The van der Waals surface area contributed by atoms with E-state index in [4.69, 9.17) is 5.11 Å². The van der Waals surface area contributed by atoms with Crippen molar-refractivity contribution < 1.29 is 5.11 Å². The fourth-order valence-corrected chi connectivity index (χ4v) is 2.70. The topological polar surface area (TPSA) is 50.9 Å². The molecule has 2 heterocycles. The largest absolute Gasteiger partial charge is 0.396 e. The summed E-state index contributed by atoms with van der Waals surface area (Å²) in [6, 6.07) is 2.02. The van der Waals surface area contributed by atoms with Gasteiger partial charge >= 0.3 is 0 Å². The molecule has 0 saturated heterocycles. The smallest absolute Gasteiger partial charge is 0.0850 e. The molecule has 2 aromatic heterocycles. The number of aliphatic hydroxyl groups excluding tert-OH is 1. The Balaban J connectivity index is 2.08. The van der Waals surface area contributed by atoms with Crippen LogP contribution in [0.4, 0.5) is 0 Å². The second-order valence-electron chi connectivity index (χ2n) is 3.07. The SMILES string of the molecule is OCCc1cn(Cc2sccc2Br)nn1. The monoisotopic (exact) mass is 287 g/mol. The van der Waals surface area contributed by atoms with E-state index in [1.165, 1.54) is 4.88 Å². The van der Waals surface area contributed by atoms with Crippen molar-refractivity contribution in [3.05, 3.63) is 32.7 Å². The summed E-state index contributed by atoms with van der Waals surface area (Å²) < 4.78 is 2.88. The van der Waals surface area contributed by atoms with Crippen LogP contribution < -0.4 is 0 Å². The molecule has 0 fully saturated rings. The van der Waals surface area contributed by atoms with Crippen LogP contribution >= 0.6 is 27.3 Å². The van der Waals surface area contributed by atoms with E-state index in [9.17, 15) is 0 Å². The Morgan fingerprint density at radius 1 is 1.53 bits per heavy atom. The van der Waals surface area contributed by atoms with Crippen molar-refractivity contribution in [2.45, 2.75) is 13.0 Å². The maximum Gasteiger partial charge on any atom is 0.0850 e. The van der Waals surface area contributed by atoms with E-state index in [2.05, 4.69) is 26.2 Å². The first-order valence-corrected chi connectivity index (χ1v) is 6.18. The molecule has 0 unspecified atom stereocenters. The Hall–Kier alpha value is -0.720. The summed E-state index contributed by atoms with van der Waals surface area (Å²) in [4.78, 5) is 1.22. The molecule has 0 radical (unpaired) electrons. The highest BCUT2D eigenvalue weighted by molar-refractivity contribution is 9.10. The lowest BCUT2D eigenvalue weighted by atomic mass is 10.3. The summed E-state index contributed by atoms with van der Waals surface area (Å²) in [5.74, 6) is 0. The Kier molecular flexibility index (Phi) is 3.50. The number of hydrogen-bond acceptors (Lipinski definition) is 4. The Labute approximate surface area is 99.7 Å². The highest BCUT2D eigenvalue weighted by Crippen LogP contribution is 2.23. The lowest BCUT2D eigenvalue weighted by Crippen LogP contribution is -1.98. The molecule has 2 aromatic rings. The van der Waals surface area contributed by atoms with Crippen molar-refractivity contribution in [2.75, 3.05) is 6.61 Å². The van der Waals surface area contributed by atoms with Gasteiger partial charge in [0, 0.05) is 28.6 Å². The Morgan fingerprint density at radius 3 is 3.07 bits per heavy atom. The zero-order valence-corrected chi connectivity index (χ0v) is 10.3. The van der Waals surface area contributed by atoms with Crippen LogP contribution in [0.1, 0.15) is 10.6 Å². The summed E-state index contributed by atoms with van der Waals surface area (Å²) >= 11 is 5.15. The van der Waals surface area contributed by atoms with Crippen LogP contribution in [0.3, 0.4) is 0 Å². The molecule has 1 N–H and O–H groups in total. The Bertz CT molecular complexity index is 440. The molecule has 0 saturated carbocycles. The second kappa shape index (κ2) is 4.87. The lowest BCUT2D eigenvalue weighted by molar-refractivity contribution is 0.298. The van der Waals surface area contributed by atoms with E-state index >= 15 is 0 Å². The van der Waals surface area contributed by atoms with Crippen LogP contribution in [0, 0.1) is 0 Å². The molecule has 0 aliphatic carbocycles. The zero-order chi connectivity index (χ0) is 10.7. The second-order valence-corrected chi connectivity index (χ2v) is 4.93. The van der Waals surface area contributed by atoms with Gasteiger partial charge in [-0.1, -0.05) is 5.21 Å². The van der Waals surface area contributed by atoms with E-state index in [0.29, 0.717) is 6.42 Å². The molecule has 0 atom stereocenters. The van der Waals surface area contributed by atoms with E-state index in [1.807, 2.05) is 17.6 Å². The van der Waals surface area contributed by atoms with E-state index < -0.39 is 0 Å².